The number of carbonyl (C=O) groups is 1. The molecule has 33 heavy (non-hydrogen) atoms. The van der Waals surface area contributed by atoms with Crippen molar-refractivity contribution in [2.24, 2.45) is 11.8 Å². The molecule has 0 unspecified atom stereocenters. The van der Waals surface area contributed by atoms with Gasteiger partial charge < -0.3 is 15.0 Å². The number of benzene rings is 1. The van der Waals surface area contributed by atoms with Gasteiger partial charge in [0.25, 0.3) is 0 Å². The van der Waals surface area contributed by atoms with E-state index in [1.165, 1.54) is 16.4 Å². The third-order valence-electron chi connectivity index (χ3n) is 6.06. The molecule has 2 heterocycles. The molecule has 1 amide bonds. The number of nitrogens with zero attached hydrogens (tertiary/aromatic N) is 2. The van der Waals surface area contributed by atoms with Gasteiger partial charge in [-0.3, -0.25) is 4.79 Å². The number of halogens is 3. The lowest BCUT2D eigenvalue weighted by Gasteiger charge is -2.35. The molecule has 7 nitrogen and oxygen atoms in total. The molecule has 1 aromatic carbocycles. The minimum atomic E-state index is -4.90. The van der Waals surface area contributed by atoms with E-state index in [1.807, 2.05) is 0 Å². The van der Waals surface area contributed by atoms with Crippen molar-refractivity contribution in [3.63, 3.8) is 0 Å². The van der Waals surface area contributed by atoms with E-state index >= 15 is 0 Å². The number of amides is 1. The molecule has 0 bridgehead atoms. The van der Waals surface area contributed by atoms with Gasteiger partial charge in [0, 0.05) is 50.7 Å². The molecule has 0 saturated carbocycles. The van der Waals surface area contributed by atoms with Crippen LogP contribution >= 0.6 is 0 Å². The number of ether oxygens (including phenoxy) is 1. The maximum atomic E-state index is 12.9. The Morgan fingerprint density at radius 3 is 2.33 bits per heavy atom. The molecule has 11 heteroatoms. The summed E-state index contributed by atoms with van der Waals surface area (Å²) in [5.41, 5.74) is 0. The predicted octanol–water partition coefficient (Wildman–Crippen LogP) is 3.22. The van der Waals surface area contributed by atoms with Crippen LogP contribution in [-0.2, 0) is 14.8 Å². The normalized spacial score (nSPS) is 20.2. The monoisotopic (exact) mass is 491 g/mol. The van der Waals surface area contributed by atoms with Crippen LogP contribution in [0.3, 0.4) is 0 Å². The first kappa shape index (κ1) is 25.8. The van der Waals surface area contributed by atoms with E-state index < -0.39 is 22.1 Å². The molecule has 0 spiro atoms. The molecule has 3 rings (SSSR count). The fourth-order valence-corrected chi connectivity index (χ4v) is 5.94. The van der Waals surface area contributed by atoms with Crippen LogP contribution in [0.1, 0.15) is 39.5 Å². The molecule has 0 atom stereocenters. The highest BCUT2D eigenvalue weighted by molar-refractivity contribution is 7.89. The third kappa shape index (κ3) is 7.31. The zero-order valence-corrected chi connectivity index (χ0v) is 19.8. The maximum Gasteiger partial charge on any atom is 0.573 e. The van der Waals surface area contributed by atoms with Crippen LogP contribution in [0.25, 0.3) is 0 Å². The number of carbonyl (C=O) groups excluding carboxylic acids is 1. The molecule has 0 radical (unpaired) electrons. The fourth-order valence-electron chi connectivity index (χ4n) is 4.43. The van der Waals surface area contributed by atoms with E-state index in [0.717, 1.165) is 44.6 Å². The summed E-state index contributed by atoms with van der Waals surface area (Å²) in [5, 5.41) is 3.12. The van der Waals surface area contributed by atoms with Gasteiger partial charge in [-0.1, -0.05) is 19.9 Å². The fraction of sp³-hybridized carbons (Fsp3) is 0.682. The first-order valence-corrected chi connectivity index (χ1v) is 12.8. The number of hydrogen-bond donors (Lipinski definition) is 1. The van der Waals surface area contributed by atoms with Crippen molar-refractivity contribution in [2.45, 2.75) is 56.8 Å². The van der Waals surface area contributed by atoms with Gasteiger partial charge in [0.1, 0.15) is 5.75 Å². The number of nitrogens with one attached hydrogen (secondary N) is 1. The molecule has 2 aliphatic heterocycles. The summed E-state index contributed by atoms with van der Waals surface area (Å²) >= 11 is 0. The van der Waals surface area contributed by atoms with Crippen LogP contribution in [0.2, 0.25) is 0 Å². The SMILES string of the molecule is CC(C)CN1CCC(NC(=O)C2CCN(S(=O)(=O)c3cccc(OC(F)(F)F)c3)CC2)CC1. The number of likely N-dealkylation sites (tertiary alicyclic amines) is 1. The number of rotatable bonds is 7. The van der Waals surface area contributed by atoms with Crippen LogP contribution in [0.5, 0.6) is 5.75 Å². The predicted molar refractivity (Wildman–Crippen MR) is 117 cm³/mol. The first-order chi connectivity index (χ1) is 15.4. The van der Waals surface area contributed by atoms with Crippen LogP contribution in [0, 0.1) is 11.8 Å². The zero-order valence-electron chi connectivity index (χ0n) is 19.0. The summed E-state index contributed by atoms with van der Waals surface area (Å²) in [4.78, 5) is 14.9. The summed E-state index contributed by atoms with van der Waals surface area (Å²) in [7, 11) is -3.98. The minimum Gasteiger partial charge on any atom is -0.406 e. The van der Waals surface area contributed by atoms with Crippen LogP contribution in [-0.4, -0.2) is 68.7 Å². The van der Waals surface area contributed by atoms with Crippen LogP contribution in [0.15, 0.2) is 29.2 Å². The topological polar surface area (TPSA) is 79.0 Å². The molecule has 1 aromatic rings. The van der Waals surface area contributed by atoms with E-state index in [-0.39, 0.29) is 35.9 Å². The van der Waals surface area contributed by atoms with E-state index in [2.05, 4.69) is 28.8 Å². The summed E-state index contributed by atoms with van der Waals surface area (Å²) < 4.78 is 68.2. The second-order valence-electron chi connectivity index (χ2n) is 9.18. The van der Waals surface area contributed by atoms with Gasteiger partial charge >= 0.3 is 6.36 Å². The molecule has 2 fully saturated rings. The Kier molecular flexibility index (Phi) is 8.28. The lowest BCUT2D eigenvalue weighted by molar-refractivity contribution is -0.274. The Morgan fingerprint density at radius 1 is 1.12 bits per heavy atom. The highest BCUT2D eigenvalue weighted by Gasteiger charge is 2.35. The second kappa shape index (κ2) is 10.6. The van der Waals surface area contributed by atoms with Crippen molar-refractivity contribution in [2.75, 3.05) is 32.7 Å². The number of piperidine rings is 2. The summed E-state index contributed by atoms with van der Waals surface area (Å²) in [5.74, 6) is -0.297. The summed E-state index contributed by atoms with van der Waals surface area (Å²) in [6.07, 6.45) is -2.35. The van der Waals surface area contributed by atoms with Crippen LogP contribution in [0.4, 0.5) is 13.2 Å². The molecule has 2 saturated heterocycles. The Morgan fingerprint density at radius 2 is 1.76 bits per heavy atom. The van der Waals surface area contributed by atoms with Gasteiger partial charge in [-0.25, -0.2) is 8.42 Å². The maximum absolute atomic E-state index is 12.9. The van der Waals surface area contributed by atoms with E-state index in [1.54, 1.807) is 0 Å². The van der Waals surface area contributed by atoms with Crippen molar-refractivity contribution < 1.29 is 31.1 Å². The quantitative estimate of drug-likeness (QED) is 0.634. The van der Waals surface area contributed by atoms with E-state index in [4.69, 9.17) is 0 Å². The van der Waals surface area contributed by atoms with Crippen molar-refractivity contribution in [3.8, 4) is 5.75 Å². The highest BCUT2D eigenvalue weighted by atomic mass is 32.2. The van der Waals surface area contributed by atoms with Crippen molar-refractivity contribution >= 4 is 15.9 Å². The zero-order chi connectivity index (χ0) is 24.2. The van der Waals surface area contributed by atoms with Gasteiger partial charge in [-0.2, -0.15) is 4.31 Å². The molecule has 0 aromatic heterocycles. The lowest BCUT2D eigenvalue weighted by Crippen LogP contribution is -2.49. The number of hydrogen-bond acceptors (Lipinski definition) is 5. The van der Waals surface area contributed by atoms with Gasteiger partial charge in [-0.15, -0.1) is 13.2 Å². The lowest BCUT2D eigenvalue weighted by atomic mass is 9.95. The average molecular weight is 492 g/mol. The number of alkyl halides is 3. The smallest absolute Gasteiger partial charge is 0.406 e. The minimum absolute atomic E-state index is 0.0464. The second-order valence-corrected chi connectivity index (χ2v) is 11.1. The summed E-state index contributed by atoms with van der Waals surface area (Å²) in [6.45, 7) is 7.61. The van der Waals surface area contributed by atoms with Crippen molar-refractivity contribution in [3.05, 3.63) is 24.3 Å². The molecule has 1 N–H and O–H groups in total. The Hall–Kier alpha value is -1.85. The average Bonchev–Trinajstić information content (AvgIpc) is 2.74. The number of sulfonamides is 1. The van der Waals surface area contributed by atoms with E-state index in [0.29, 0.717) is 18.8 Å². The molecule has 186 valence electrons. The largest absolute Gasteiger partial charge is 0.573 e. The third-order valence-corrected chi connectivity index (χ3v) is 7.95. The van der Waals surface area contributed by atoms with Crippen molar-refractivity contribution in [1.29, 1.82) is 0 Å². The van der Waals surface area contributed by atoms with Gasteiger partial charge in [0.05, 0.1) is 4.90 Å². The van der Waals surface area contributed by atoms with Gasteiger partial charge in [0.15, 0.2) is 0 Å². The molecule has 0 aliphatic carbocycles. The van der Waals surface area contributed by atoms with E-state index in [9.17, 15) is 26.4 Å². The Bertz CT molecular complexity index is 908. The Balaban J connectivity index is 1.51. The van der Waals surface area contributed by atoms with Gasteiger partial charge in [-0.05, 0) is 43.7 Å². The van der Waals surface area contributed by atoms with Crippen LogP contribution < -0.4 is 10.1 Å². The summed E-state index contributed by atoms with van der Waals surface area (Å²) in [6, 6.07) is 4.51. The standard InChI is InChI=1S/C22H32F3N3O4S/c1-16(2)15-27-10-8-18(9-11-27)26-21(29)17-6-12-28(13-7-17)33(30,31)20-5-3-4-19(14-20)32-22(23,24)25/h3-5,14,16-18H,6-13,15H2,1-2H3,(H,26,29). The Labute approximate surface area is 193 Å². The van der Waals surface area contributed by atoms with Gasteiger partial charge in [0.2, 0.25) is 15.9 Å². The molecular formula is C22H32F3N3O4S. The highest BCUT2D eigenvalue weighted by Crippen LogP contribution is 2.28. The van der Waals surface area contributed by atoms with Crippen molar-refractivity contribution in [1.82, 2.24) is 14.5 Å². The first-order valence-electron chi connectivity index (χ1n) is 11.3. The molecular weight excluding hydrogens is 459 g/mol. The molecule has 2 aliphatic rings.